The fraction of sp³-hybridized carbons (Fsp3) is 0.486. The van der Waals surface area contributed by atoms with Crippen molar-refractivity contribution >= 4 is 34.2 Å². The number of hydrogen-bond acceptors (Lipinski definition) is 6. The van der Waals surface area contributed by atoms with Crippen LogP contribution >= 0.6 is 11.6 Å². The summed E-state index contributed by atoms with van der Waals surface area (Å²) in [7, 11) is 0. The number of amides is 1. The SMILES string of the molecule is [C-]#[N+]C[C@H]1CN(c2nc(OCC34CCCN3CCC4)nc3cc(-c4cccc5c4C4CC4C5)c(Cl)cc23)CCN1C(=O)C=C. The van der Waals surface area contributed by atoms with Gasteiger partial charge in [-0.25, -0.2) is 6.57 Å². The number of rotatable bonds is 7. The molecule has 226 valence electrons. The molecular formula is C35H37ClN6O2. The second kappa shape index (κ2) is 10.7. The smallest absolute Gasteiger partial charge is 0.319 e. The van der Waals surface area contributed by atoms with Gasteiger partial charge in [0.1, 0.15) is 18.5 Å². The van der Waals surface area contributed by atoms with E-state index in [2.05, 4.69) is 45.5 Å². The van der Waals surface area contributed by atoms with Crippen molar-refractivity contribution in [3.05, 3.63) is 70.6 Å². The third kappa shape index (κ3) is 4.55. The molecular weight excluding hydrogens is 572 g/mol. The van der Waals surface area contributed by atoms with Crippen molar-refractivity contribution < 1.29 is 9.53 Å². The van der Waals surface area contributed by atoms with Gasteiger partial charge in [0.2, 0.25) is 12.5 Å². The average molecular weight is 609 g/mol. The van der Waals surface area contributed by atoms with E-state index in [1.165, 1.54) is 42.0 Å². The number of carbonyl (C=O) groups excluding carboxylic acids is 1. The fourth-order valence-corrected chi connectivity index (χ4v) is 8.84. The molecule has 3 atom stereocenters. The molecule has 1 amide bonds. The van der Waals surface area contributed by atoms with Gasteiger partial charge in [0.15, 0.2) is 0 Å². The van der Waals surface area contributed by atoms with Gasteiger partial charge in [0, 0.05) is 35.6 Å². The summed E-state index contributed by atoms with van der Waals surface area (Å²) >= 11 is 7.11. The Labute approximate surface area is 263 Å². The number of nitrogens with zero attached hydrogens (tertiary/aromatic N) is 6. The van der Waals surface area contributed by atoms with Crippen LogP contribution in [0.2, 0.25) is 5.02 Å². The number of aromatic nitrogens is 2. The first-order chi connectivity index (χ1) is 21.5. The van der Waals surface area contributed by atoms with Crippen LogP contribution in [-0.2, 0) is 11.2 Å². The van der Waals surface area contributed by atoms with E-state index in [1.807, 2.05) is 6.07 Å². The lowest BCUT2D eigenvalue weighted by molar-refractivity contribution is -0.128. The summed E-state index contributed by atoms with van der Waals surface area (Å²) in [5.74, 6) is 2.01. The van der Waals surface area contributed by atoms with Crippen LogP contribution in [0.5, 0.6) is 6.01 Å². The van der Waals surface area contributed by atoms with Crippen molar-refractivity contribution in [2.45, 2.75) is 56.0 Å². The molecule has 2 aliphatic carbocycles. The highest BCUT2D eigenvalue weighted by atomic mass is 35.5. The van der Waals surface area contributed by atoms with Gasteiger partial charge >= 0.3 is 6.01 Å². The van der Waals surface area contributed by atoms with E-state index in [4.69, 9.17) is 32.9 Å². The zero-order valence-electron chi connectivity index (χ0n) is 25.0. The quantitative estimate of drug-likeness (QED) is 0.252. The van der Waals surface area contributed by atoms with Gasteiger partial charge in [0.05, 0.1) is 11.1 Å². The predicted molar refractivity (Wildman–Crippen MR) is 172 cm³/mol. The third-order valence-electron chi connectivity index (χ3n) is 10.8. The van der Waals surface area contributed by atoms with Crippen LogP contribution in [0.1, 0.15) is 49.1 Å². The lowest BCUT2D eigenvalue weighted by atomic mass is 9.93. The molecule has 0 radical (unpaired) electrons. The zero-order valence-corrected chi connectivity index (χ0v) is 25.7. The summed E-state index contributed by atoms with van der Waals surface area (Å²) in [5, 5.41) is 1.53. The first-order valence-corrected chi connectivity index (χ1v) is 16.4. The molecule has 4 heterocycles. The van der Waals surface area contributed by atoms with Crippen molar-refractivity contribution in [1.82, 2.24) is 19.8 Å². The Morgan fingerprint density at radius 3 is 2.80 bits per heavy atom. The van der Waals surface area contributed by atoms with E-state index in [0.29, 0.717) is 43.2 Å². The maximum absolute atomic E-state index is 12.6. The number of ether oxygens (including phenoxy) is 1. The molecule has 44 heavy (non-hydrogen) atoms. The minimum Gasteiger partial charge on any atom is -0.461 e. The summed E-state index contributed by atoms with van der Waals surface area (Å²) in [4.78, 5) is 32.8. The van der Waals surface area contributed by atoms with Gasteiger partial charge in [-0.05, 0) is 98.3 Å². The maximum atomic E-state index is 12.6. The monoisotopic (exact) mass is 608 g/mol. The molecule has 3 aromatic rings. The summed E-state index contributed by atoms with van der Waals surface area (Å²) in [6.45, 7) is 15.8. The number of carbonyl (C=O) groups is 1. The fourth-order valence-electron chi connectivity index (χ4n) is 8.57. The Bertz CT molecular complexity index is 1710. The van der Waals surface area contributed by atoms with Crippen molar-refractivity contribution in [3.8, 4) is 17.1 Å². The lowest BCUT2D eigenvalue weighted by Crippen LogP contribution is -2.56. The van der Waals surface area contributed by atoms with Crippen LogP contribution in [0.3, 0.4) is 0 Å². The minimum absolute atomic E-state index is 0.0758. The van der Waals surface area contributed by atoms with Gasteiger partial charge in [-0.15, -0.1) is 0 Å². The minimum atomic E-state index is -0.265. The Morgan fingerprint density at radius 1 is 1.16 bits per heavy atom. The van der Waals surface area contributed by atoms with E-state index in [0.717, 1.165) is 60.6 Å². The van der Waals surface area contributed by atoms with Gasteiger partial charge in [-0.3, -0.25) is 9.69 Å². The van der Waals surface area contributed by atoms with Crippen LogP contribution < -0.4 is 9.64 Å². The van der Waals surface area contributed by atoms with Gasteiger partial charge in [-0.2, -0.15) is 9.97 Å². The van der Waals surface area contributed by atoms with Crippen molar-refractivity contribution in [2.24, 2.45) is 5.92 Å². The largest absolute Gasteiger partial charge is 0.461 e. The number of benzene rings is 2. The first kappa shape index (κ1) is 27.8. The summed E-state index contributed by atoms with van der Waals surface area (Å²) < 4.78 is 6.51. The van der Waals surface area contributed by atoms with E-state index in [9.17, 15) is 4.79 Å². The molecule has 0 spiro atoms. The molecule has 8 rings (SSSR count). The van der Waals surface area contributed by atoms with Crippen molar-refractivity contribution in [1.29, 1.82) is 0 Å². The number of hydrogen-bond donors (Lipinski definition) is 0. The van der Waals surface area contributed by atoms with E-state index in [-0.39, 0.29) is 24.0 Å². The summed E-state index contributed by atoms with van der Waals surface area (Å²) in [6.07, 6.45) is 8.46. The number of halogens is 1. The number of piperazine rings is 1. The molecule has 2 unspecified atom stereocenters. The third-order valence-corrected chi connectivity index (χ3v) is 11.1. The molecule has 2 aromatic carbocycles. The summed E-state index contributed by atoms with van der Waals surface area (Å²) in [5.41, 5.74) is 5.99. The Morgan fingerprint density at radius 2 is 2.00 bits per heavy atom. The molecule has 4 fully saturated rings. The maximum Gasteiger partial charge on any atom is 0.319 e. The average Bonchev–Trinajstić information content (AvgIpc) is 3.32. The van der Waals surface area contributed by atoms with Gasteiger partial charge in [0.25, 0.3) is 0 Å². The molecule has 1 saturated carbocycles. The van der Waals surface area contributed by atoms with Crippen LogP contribution in [0, 0.1) is 12.5 Å². The van der Waals surface area contributed by atoms with E-state index >= 15 is 0 Å². The number of fused-ring (bicyclic) bond motifs is 5. The van der Waals surface area contributed by atoms with Crippen LogP contribution in [0.25, 0.3) is 26.9 Å². The van der Waals surface area contributed by atoms with E-state index < -0.39 is 0 Å². The Balaban J connectivity index is 1.20. The predicted octanol–water partition coefficient (Wildman–Crippen LogP) is 5.74. The lowest BCUT2D eigenvalue weighted by Gasteiger charge is -2.39. The normalized spacial score (nSPS) is 25.0. The second-order valence-electron chi connectivity index (χ2n) is 13.2. The molecule has 0 N–H and O–H groups in total. The highest BCUT2D eigenvalue weighted by Gasteiger charge is 2.47. The molecule has 3 saturated heterocycles. The van der Waals surface area contributed by atoms with Gasteiger partial charge < -0.3 is 19.4 Å². The van der Waals surface area contributed by atoms with Crippen LogP contribution in [-0.4, -0.2) is 83.1 Å². The molecule has 8 nitrogen and oxygen atoms in total. The molecule has 3 aliphatic heterocycles. The van der Waals surface area contributed by atoms with Crippen LogP contribution in [0.4, 0.5) is 5.82 Å². The Kier molecular flexibility index (Phi) is 6.80. The molecule has 5 aliphatic rings. The second-order valence-corrected chi connectivity index (χ2v) is 13.7. The Hall–Kier alpha value is -3.67. The molecule has 1 aromatic heterocycles. The van der Waals surface area contributed by atoms with Crippen molar-refractivity contribution in [3.63, 3.8) is 0 Å². The van der Waals surface area contributed by atoms with Crippen LogP contribution in [0.15, 0.2) is 43.0 Å². The standard InChI is InChI=1S/C35H37ClN6O2/c1-3-31(43)42-14-13-40(20-24(42)19-37-2)33-28-17-29(36)27(25-8-4-7-22-15-23-16-26(23)32(22)25)18-30(28)38-34(39-33)44-21-35-9-5-11-41(35)12-6-10-35/h3-4,7-8,17-18,23-24,26H,1,5-6,9-16,19-21H2/t23?,24-,26?/m0/s1. The number of anilines is 1. The van der Waals surface area contributed by atoms with Crippen molar-refractivity contribution in [2.75, 3.05) is 50.8 Å². The first-order valence-electron chi connectivity index (χ1n) is 16.0. The van der Waals surface area contributed by atoms with Gasteiger partial charge in [-0.1, -0.05) is 36.4 Å². The topological polar surface area (TPSA) is 66.2 Å². The van der Waals surface area contributed by atoms with E-state index in [1.54, 1.807) is 4.90 Å². The highest BCUT2D eigenvalue weighted by Crippen LogP contribution is 2.59. The molecule has 9 heteroatoms. The summed E-state index contributed by atoms with van der Waals surface area (Å²) in [6, 6.07) is 10.8. The molecule has 0 bridgehead atoms. The highest BCUT2D eigenvalue weighted by molar-refractivity contribution is 6.34. The zero-order chi connectivity index (χ0) is 30.0.